The minimum atomic E-state index is -0.545. The molecule has 0 radical (unpaired) electrons. The van der Waals surface area contributed by atoms with E-state index >= 15 is 0 Å². The summed E-state index contributed by atoms with van der Waals surface area (Å²) in [5, 5.41) is 20.9. The molecule has 0 aromatic heterocycles. The molecule has 0 heterocycles. The van der Waals surface area contributed by atoms with Crippen LogP contribution in [0.4, 0.5) is 0 Å². The van der Waals surface area contributed by atoms with Crippen LogP contribution in [-0.2, 0) is 14.3 Å². The molecule has 2 amide bonds. The molecule has 0 aliphatic heterocycles. The maximum absolute atomic E-state index is 12.6. The van der Waals surface area contributed by atoms with Crippen molar-refractivity contribution in [3.8, 4) is 17.2 Å². The SMILES string of the molecule is COCOCC(CC(C)C(=O)NO)NC(=O)c1ccc(Oc2ccc(O)cc2)cc1. The van der Waals surface area contributed by atoms with Gasteiger partial charge in [0, 0.05) is 18.6 Å². The van der Waals surface area contributed by atoms with Crippen LogP contribution in [0.25, 0.3) is 0 Å². The topological polar surface area (TPSA) is 126 Å². The third kappa shape index (κ3) is 7.36. The number of hydrogen-bond donors (Lipinski definition) is 4. The first kappa shape index (κ1) is 23.1. The van der Waals surface area contributed by atoms with Gasteiger partial charge in [0.2, 0.25) is 5.91 Å². The van der Waals surface area contributed by atoms with Crippen LogP contribution in [0.2, 0.25) is 0 Å². The van der Waals surface area contributed by atoms with Gasteiger partial charge in [0.25, 0.3) is 5.91 Å². The van der Waals surface area contributed by atoms with Crippen LogP contribution in [0.1, 0.15) is 23.7 Å². The molecule has 2 unspecified atom stereocenters. The van der Waals surface area contributed by atoms with Crippen molar-refractivity contribution in [2.24, 2.45) is 5.92 Å². The van der Waals surface area contributed by atoms with Gasteiger partial charge in [0.15, 0.2) is 0 Å². The molecule has 2 atom stereocenters. The van der Waals surface area contributed by atoms with Crippen LogP contribution in [-0.4, -0.2) is 48.7 Å². The minimum absolute atomic E-state index is 0.0518. The molecule has 0 aliphatic rings. The number of nitrogens with one attached hydrogen (secondary N) is 2. The molecule has 0 spiro atoms. The fraction of sp³-hybridized carbons (Fsp3) is 0.333. The molecule has 9 heteroatoms. The second-order valence-corrected chi connectivity index (χ2v) is 6.68. The van der Waals surface area contributed by atoms with Crippen molar-refractivity contribution in [2.75, 3.05) is 20.5 Å². The fourth-order valence-corrected chi connectivity index (χ4v) is 2.68. The van der Waals surface area contributed by atoms with E-state index in [1.165, 1.54) is 19.2 Å². The molecular formula is C21H26N2O7. The summed E-state index contributed by atoms with van der Waals surface area (Å²) < 4.78 is 15.8. The number of phenols is 1. The van der Waals surface area contributed by atoms with Crippen molar-refractivity contribution in [3.05, 3.63) is 54.1 Å². The van der Waals surface area contributed by atoms with Gasteiger partial charge in [0.1, 0.15) is 24.0 Å². The molecule has 30 heavy (non-hydrogen) atoms. The fourth-order valence-electron chi connectivity index (χ4n) is 2.68. The van der Waals surface area contributed by atoms with Gasteiger partial charge in [-0.05, 0) is 55.0 Å². The molecule has 9 nitrogen and oxygen atoms in total. The molecule has 2 aromatic rings. The molecule has 2 aromatic carbocycles. The number of hydrogen-bond acceptors (Lipinski definition) is 7. The van der Waals surface area contributed by atoms with E-state index in [-0.39, 0.29) is 31.5 Å². The predicted molar refractivity (Wildman–Crippen MR) is 107 cm³/mol. The van der Waals surface area contributed by atoms with Gasteiger partial charge in [-0.2, -0.15) is 0 Å². The highest BCUT2D eigenvalue weighted by molar-refractivity contribution is 5.94. The molecule has 0 saturated heterocycles. The van der Waals surface area contributed by atoms with Gasteiger partial charge in [0.05, 0.1) is 12.6 Å². The van der Waals surface area contributed by atoms with E-state index < -0.39 is 17.9 Å². The van der Waals surface area contributed by atoms with Crippen LogP contribution in [0, 0.1) is 5.92 Å². The lowest BCUT2D eigenvalue weighted by Gasteiger charge is -2.21. The van der Waals surface area contributed by atoms with E-state index in [1.54, 1.807) is 48.8 Å². The average Bonchev–Trinajstić information content (AvgIpc) is 2.75. The third-order valence-electron chi connectivity index (χ3n) is 4.24. The summed E-state index contributed by atoms with van der Waals surface area (Å²) in [6.07, 6.45) is 0.268. The van der Waals surface area contributed by atoms with E-state index in [9.17, 15) is 14.7 Å². The Kier molecular flexibility index (Phi) is 9.07. The summed E-state index contributed by atoms with van der Waals surface area (Å²) >= 11 is 0. The summed E-state index contributed by atoms with van der Waals surface area (Å²) in [4.78, 5) is 24.2. The number of carbonyl (C=O) groups is 2. The Hall–Kier alpha value is -3.14. The van der Waals surface area contributed by atoms with Crippen molar-refractivity contribution in [2.45, 2.75) is 19.4 Å². The molecular weight excluding hydrogens is 392 g/mol. The van der Waals surface area contributed by atoms with Gasteiger partial charge in [-0.1, -0.05) is 6.92 Å². The smallest absolute Gasteiger partial charge is 0.251 e. The first-order chi connectivity index (χ1) is 14.4. The van der Waals surface area contributed by atoms with E-state index in [4.69, 9.17) is 19.4 Å². The Bertz CT molecular complexity index is 809. The van der Waals surface area contributed by atoms with Crippen LogP contribution in [0.5, 0.6) is 17.2 Å². The lowest BCUT2D eigenvalue weighted by molar-refractivity contribution is -0.133. The summed E-state index contributed by atoms with van der Waals surface area (Å²) in [5.74, 6) is -0.191. The van der Waals surface area contributed by atoms with Gasteiger partial charge in [-0.15, -0.1) is 0 Å². The van der Waals surface area contributed by atoms with Gasteiger partial charge in [-0.3, -0.25) is 14.8 Å². The summed E-state index contributed by atoms with van der Waals surface area (Å²) in [6.45, 7) is 1.83. The zero-order chi connectivity index (χ0) is 21.9. The van der Waals surface area contributed by atoms with E-state index in [1.807, 2.05) is 0 Å². The van der Waals surface area contributed by atoms with Gasteiger partial charge < -0.3 is 24.6 Å². The number of aromatic hydroxyl groups is 1. The maximum Gasteiger partial charge on any atom is 0.251 e. The number of phenolic OH excluding ortho intramolecular Hbond substituents is 1. The van der Waals surface area contributed by atoms with Crippen LogP contribution >= 0.6 is 0 Å². The molecule has 162 valence electrons. The lowest BCUT2D eigenvalue weighted by atomic mass is 10.0. The zero-order valence-corrected chi connectivity index (χ0v) is 16.8. The quantitative estimate of drug-likeness (QED) is 0.191. The minimum Gasteiger partial charge on any atom is -0.508 e. The predicted octanol–water partition coefficient (Wildman–Crippen LogP) is 2.44. The number of amides is 2. The number of hydroxylamine groups is 1. The molecule has 0 bridgehead atoms. The van der Waals surface area contributed by atoms with Crippen LogP contribution < -0.4 is 15.5 Å². The Morgan fingerprint density at radius 3 is 2.20 bits per heavy atom. The first-order valence-electron chi connectivity index (χ1n) is 9.31. The number of ether oxygens (including phenoxy) is 3. The second kappa shape index (κ2) is 11.8. The Labute approximate surface area is 174 Å². The van der Waals surface area contributed by atoms with Crippen molar-refractivity contribution in [1.29, 1.82) is 0 Å². The van der Waals surface area contributed by atoms with Crippen molar-refractivity contribution in [3.63, 3.8) is 0 Å². The van der Waals surface area contributed by atoms with E-state index in [0.717, 1.165) is 0 Å². The molecule has 4 N–H and O–H groups in total. The average molecular weight is 418 g/mol. The summed E-state index contributed by atoms with van der Waals surface area (Å²) in [6, 6.07) is 12.4. The van der Waals surface area contributed by atoms with Crippen molar-refractivity contribution >= 4 is 11.8 Å². The standard InChI is InChI=1S/C21H26N2O7/c1-14(20(25)23-27)11-16(12-29-13-28-2)22-21(26)15-3-7-18(8-4-15)30-19-9-5-17(24)6-10-19/h3-10,14,16,24,27H,11-13H2,1-2H3,(H,22,26)(H,23,25). The molecule has 0 saturated carbocycles. The summed E-state index contributed by atoms with van der Waals surface area (Å²) in [7, 11) is 1.48. The van der Waals surface area contributed by atoms with Crippen LogP contribution in [0.15, 0.2) is 48.5 Å². The van der Waals surface area contributed by atoms with E-state index in [0.29, 0.717) is 17.1 Å². The Morgan fingerprint density at radius 1 is 1.03 bits per heavy atom. The molecule has 0 aliphatic carbocycles. The number of rotatable bonds is 11. The second-order valence-electron chi connectivity index (χ2n) is 6.68. The van der Waals surface area contributed by atoms with E-state index in [2.05, 4.69) is 5.32 Å². The summed E-state index contributed by atoms with van der Waals surface area (Å²) in [5.41, 5.74) is 2.01. The van der Waals surface area contributed by atoms with Gasteiger partial charge >= 0.3 is 0 Å². The Morgan fingerprint density at radius 2 is 1.63 bits per heavy atom. The lowest BCUT2D eigenvalue weighted by Crippen LogP contribution is -2.41. The molecule has 0 fully saturated rings. The monoisotopic (exact) mass is 418 g/mol. The molecule has 2 rings (SSSR count). The zero-order valence-electron chi connectivity index (χ0n) is 16.8. The van der Waals surface area contributed by atoms with Crippen molar-refractivity contribution in [1.82, 2.24) is 10.8 Å². The highest BCUT2D eigenvalue weighted by atomic mass is 16.7. The Balaban J connectivity index is 1.99. The normalized spacial score (nSPS) is 12.6. The van der Waals surface area contributed by atoms with Gasteiger partial charge in [-0.25, -0.2) is 5.48 Å². The van der Waals surface area contributed by atoms with Crippen molar-refractivity contribution < 1.29 is 34.1 Å². The van der Waals surface area contributed by atoms with Crippen LogP contribution in [0.3, 0.4) is 0 Å². The first-order valence-corrected chi connectivity index (χ1v) is 9.31. The highest BCUT2D eigenvalue weighted by Crippen LogP contribution is 2.23. The number of methoxy groups -OCH3 is 1. The number of carbonyl (C=O) groups excluding carboxylic acids is 2. The maximum atomic E-state index is 12.6. The largest absolute Gasteiger partial charge is 0.508 e. The highest BCUT2D eigenvalue weighted by Gasteiger charge is 2.21. The number of benzene rings is 2. The third-order valence-corrected chi connectivity index (χ3v) is 4.24.